The molecule has 2 aromatic rings. The second kappa shape index (κ2) is 31.8. The normalized spacial score (nSPS) is 38.1. The standard InChI is InChI=1S/C55H77N15O15/c1-27-39(61-66-56)31(5)76-51(74-25-19-13-18-24-38(71)73-10)44(27)82-53-46(29(3)41(63-68-58)33(7)78-53)84-55-49(75-26-36-20-14-11-15-21-36)48(43(65-70-60)35(9)80-55)85-54-47(30(4)42(64-69-59)34(8)79-54)83-52-45(28(2)40(62-67-57)32(6)77-52)81-50(72)37-22-16-12-17-23-37/h11-12,14-17,20-23,27-35,39-49,51-55H,13,18-19,24-26H2,1-10H3/t27-,28-,29-,30-,31?,32?,33?,34?,35?,39-,40-,41-,42-,43+,44?,45?,46?,47?,48-,49?,51-,52+,53+,54+,55+/m0/s1. The quantitative estimate of drug-likeness (QED) is 0.0293. The van der Waals surface area contributed by atoms with Gasteiger partial charge < -0.3 is 61.6 Å². The molecule has 85 heavy (non-hydrogen) atoms. The third-order valence-corrected chi connectivity index (χ3v) is 16.5. The Balaban J connectivity index is 1.26. The molecule has 5 heterocycles. The number of methoxy groups -OCH3 is 1. The van der Waals surface area contributed by atoms with Gasteiger partial charge in [0.1, 0.15) is 30.5 Å². The fourth-order valence-electron chi connectivity index (χ4n) is 11.8. The van der Waals surface area contributed by atoms with E-state index in [1.54, 1.807) is 78.8 Å². The number of nitrogens with zero attached hydrogens (tertiary/aromatic N) is 15. The number of rotatable bonds is 25. The van der Waals surface area contributed by atoms with Crippen LogP contribution in [0.3, 0.4) is 0 Å². The third-order valence-electron chi connectivity index (χ3n) is 16.5. The third kappa shape index (κ3) is 16.3. The molecule has 0 saturated carbocycles. The Hall–Kier alpha value is -6.51. The second-order valence-corrected chi connectivity index (χ2v) is 22.1. The molecule has 5 aliphatic rings. The SMILES string of the molecule is COC(=O)CCCCCO[C@H]1OC(C)[C@@H](N=[N+]=[N-])[C@H](C)C1O[C@H]1OC(C)[C@@H](N=[N+]=[N-])[C@H](C)C1O[C@H]1OC(C)[C@@H](N=[N+]=[N-])[C@H](O[C@H]2OC(C)[C@@H](N=[N+]=[N-])[C@H](C)C2O[C@H]2OC(C)[C@@H](N=[N+]=[N-])[C@H](C)C2OC(=O)c2ccccc2)C1OCc1ccccc1. The summed E-state index contributed by atoms with van der Waals surface area (Å²) in [7, 11) is 1.34. The maximum absolute atomic E-state index is 13.8. The van der Waals surface area contributed by atoms with Crippen molar-refractivity contribution < 1.29 is 71.2 Å². The van der Waals surface area contributed by atoms with Crippen LogP contribution in [0.1, 0.15) is 104 Å². The van der Waals surface area contributed by atoms with Crippen molar-refractivity contribution in [3.8, 4) is 0 Å². The number of unbranched alkanes of at least 4 members (excludes halogenated alkanes) is 2. The zero-order chi connectivity index (χ0) is 61.3. The van der Waals surface area contributed by atoms with Crippen LogP contribution in [-0.4, -0.2) is 154 Å². The molecule has 30 nitrogen and oxygen atoms in total. The molecule has 0 N–H and O–H groups in total. The monoisotopic (exact) mass is 1190 g/mol. The van der Waals surface area contributed by atoms with Crippen molar-refractivity contribution in [1.82, 2.24) is 0 Å². The van der Waals surface area contributed by atoms with E-state index in [2.05, 4.69) is 50.1 Å². The highest BCUT2D eigenvalue weighted by atomic mass is 16.8. The molecule has 30 heteroatoms. The van der Waals surface area contributed by atoms with E-state index in [-0.39, 0.29) is 31.2 Å². The van der Waals surface area contributed by atoms with Gasteiger partial charge >= 0.3 is 11.9 Å². The van der Waals surface area contributed by atoms with Crippen molar-refractivity contribution in [3.05, 3.63) is 124 Å². The minimum atomic E-state index is -1.42. The van der Waals surface area contributed by atoms with Gasteiger partial charge in [0.2, 0.25) is 0 Å². The zero-order valence-electron chi connectivity index (χ0n) is 49.3. The van der Waals surface area contributed by atoms with Crippen LogP contribution in [-0.2, 0) is 73.0 Å². The summed E-state index contributed by atoms with van der Waals surface area (Å²) in [5.74, 6) is -3.58. The maximum atomic E-state index is 13.8. The Morgan fingerprint density at radius 2 is 0.824 bits per heavy atom. The first-order chi connectivity index (χ1) is 41.0. The average molecular weight is 1190 g/mol. The smallest absolute Gasteiger partial charge is 0.338 e. The van der Waals surface area contributed by atoms with Crippen LogP contribution >= 0.6 is 0 Å². The van der Waals surface area contributed by atoms with Gasteiger partial charge in [-0.2, -0.15) is 0 Å². The van der Waals surface area contributed by atoms with Crippen LogP contribution in [0.2, 0.25) is 0 Å². The van der Waals surface area contributed by atoms with Gasteiger partial charge in [0.05, 0.1) is 80.0 Å². The van der Waals surface area contributed by atoms with Crippen LogP contribution in [0.5, 0.6) is 0 Å². The predicted octanol–water partition coefficient (Wildman–Crippen LogP) is 10.8. The second-order valence-electron chi connectivity index (χ2n) is 22.1. The Kier molecular flexibility index (Phi) is 24.7. The van der Waals surface area contributed by atoms with Crippen LogP contribution < -0.4 is 0 Å². The van der Waals surface area contributed by atoms with Crippen LogP contribution in [0.4, 0.5) is 0 Å². The summed E-state index contributed by atoms with van der Waals surface area (Å²) in [6.07, 6.45) is -15.3. The lowest BCUT2D eigenvalue weighted by Crippen LogP contribution is -2.65. The first kappa shape index (κ1) is 66.0. The molecule has 2 aromatic carbocycles. The lowest BCUT2D eigenvalue weighted by Gasteiger charge is -2.51. The lowest BCUT2D eigenvalue weighted by molar-refractivity contribution is -0.381. The van der Waals surface area contributed by atoms with Crippen molar-refractivity contribution in [2.45, 2.75) is 223 Å². The molecular weight excluding hydrogens is 1110 g/mol. The molecule has 0 amide bonds. The number of carbonyl (C=O) groups is 2. The Labute approximate surface area is 492 Å². The van der Waals surface area contributed by atoms with Crippen LogP contribution in [0, 0.1) is 23.7 Å². The number of hydrogen-bond donors (Lipinski definition) is 0. The van der Waals surface area contributed by atoms with Crippen LogP contribution in [0.15, 0.2) is 86.2 Å². The van der Waals surface area contributed by atoms with Gasteiger partial charge in [0.25, 0.3) is 0 Å². The minimum absolute atomic E-state index is 0.0533. The van der Waals surface area contributed by atoms with Gasteiger partial charge in [-0.1, -0.05) is 108 Å². The topological polar surface area (TPSA) is 398 Å². The van der Waals surface area contributed by atoms with Crippen molar-refractivity contribution in [3.63, 3.8) is 0 Å². The van der Waals surface area contributed by atoms with Gasteiger partial charge in [-0.05, 0) is 111 Å². The molecule has 0 bridgehead atoms. The zero-order valence-corrected chi connectivity index (χ0v) is 49.3. The van der Waals surface area contributed by atoms with Crippen molar-refractivity contribution in [2.24, 2.45) is 49.2 Å². The summed E-state index contributed by atoms with van der Waals surface area (Å²) in [5.41, 5.74) is 50.2. The Morgan fingerprint density at radius 1 is 0.447 bits per heavy atom. The minimum Gasteiger partial charge on any atom is -0.469 e. The van der Waals surface area contributed by atoms with E-state index in [1.807, 2.05) is 44.2 Å². The predicted molar refractivity (Wildman–Crippen MR) is 300 cm³/mol. The number of benzene rings is 2. The summed E-state index contributed by atoms with van der Waals surface area (Å²) < 4.78 is 85.0. The molecule has 5 saturated heterocycles. The average Bonchev–Trinajstić information content (AvgIpc) is 2.10. The summed E-state index contributed by atoms with van der Waals surface area (Å²) >= 11 is 0. The summed E-state index contributed by atoms with van der Waals surface area (Å²) in [5, 5.41) is 20.5. The lowest BCUT2D eigenvalue weighted by atomic mass is 9.87. The molecule has 0 aromatic heterocycles. The maximum Gasteiger partial charge on any atom is 0.338 e. The summed E-state index contributed by atoms with van der Waals surface area (Å²) in [6.45, 7) is 15.9. The molecule has 7 rings (SSSR count). The van der Waals surface area contributed by atoms with Gasteiger partial charge in [-0.15, -0.1) is 0 Å². The summed E-state index contributed by atoms with van der Waals surface area (Å²) in [4.78, 5) is 41.2. The molecular formula is C55H77N15O15. The fraction of sp³-hybridized carbons (Fsp3) is 0.745. The van der Waals surface area contributed by atoms with E-state index >= 15 is 0 Å². The Bertz CT molecular complexity index is 2750. The first-order valence-corrected chi connectivity index (χ1v) is 28.7. The molecule has 10 unspecified atom stereocenters. The number of carbonyl (C=O) groups excluding carboxylic acids is 2. The van der Waals surface area contributed by atoms with E-state index in [0.717, 1.165) is 5.56 Å². The highest BCUT2D eigenvalue weighted by Gasteiger charge is 2.56. The Morgan fingerprint density at radius 3 is 1.28 bits per heavy atom. The largest absolute Gasteiger partial charge is 0.469 e. The van der Waals surface area contributed by atoms with Gasteiger partial charge in [0.15, 0.2) is 37.6 Å². The number of esters is 2. The number of hydrogen-bond acceptors (Lipinski definition) is 20. The highest BCUT2D eigenvalue weighted by Crippen LogP contribution is 2.43. The molecule has 0 aliphatic carbocycles. The molecule has 462 valence electrons. The van der Waals surface area contributed by atoms with Gasteiger partial charge in [-0.3, -0.25) is 4.79 Å². The van der Waals surface area contributed by atoms with E-state index in [0.29, 0.717) is 19.3 Å². The number of azide groups is 5. The van der Waals surface area contributed by atoms with E-state index in [4.69, 9.17) is 61.6 Å². The number of ether oxygens (including phenoxy) is 13. The summed E-state index contributed by atoms with van der Waals surface area (Å²) in [6, 6.07) is 13.2. The molecule has 25 atom stereocenters. The fourth-order valence-corrected chi connectivity index (χ4v) is 11.8. The molecule has 5 fully saturated rings. The molecule has 0 radical (unpaired) electrons. The van der Waals surface area contributed by atoms with Crippen molar-refractivity contribution in [2.75, 3.05) is 13.7 Å². The highest BCUT2D eigenvalue weighted by molar-refractivity contribution is 5.89. The van der Waals surface area contributed by atoms with E-state index in [9.17, 15) is 37.2 Å². The van der Waals surface area contributed by atoms with E-state index < -0.39 is 158 Å². The van der Waals surface area contributed by atoms with Crippen molar-refractivity contribution in [1.29, 1.82) is 0 Å². The molecule has 5 aliphatic heterocycles. The van der Waals surface area contributed by atoms with Gasteiger partial charge in [0, 0.05) is 43.5 Å². The first-order valence-electron chi connectivity index (χ1n) is 28.7. The van der Waals surface area contributed by atoms with E-state index in [1.165, 1.54) is 7.11 Å². The van der Waals surface area contributed by atoms with Crippen molar-refractivity contribution >= 4 is 11.9 Å². The van der Waals surface area contributed by atoms with Crippen LogP contribution in [0.25, 0.3) is 52.2 Å². The van der Waals surface area contributed by atoms with Gasteiger partial charge in [-0.25, -0.2) is 4.79 Å². The molecule has 0 spiro atoms.